The van der Waals surface area contributed by atoms with E-state index in [1.807, 2.05) is 6.07 Å². The van der Waals surface area contributed by atoms with Crippen LogP contribution in [0.4, 0.5) is 4.39 Å². The van der Waals surface area contributed by atoms with Gasteiger partial charge in [0, 0.05) is 22.6 Å². The van der Waals surface area contributed by atoms with Gasteiger partial charge in [-0.05, 0) is 17.5 Å². The predicted molar refractivity (Wildman–Crippen MR) is 63.2 cm³/mol. The summed E-state index contributed by atoms with van der Waals surface area (Å²) in [6.07, 6.45) is 0. The van der Waals surface area contributed by atoms with Crippen LogP contribution in [0.25, 0.3) is 0 Å². The molecular weight excluding hydrogens is 209 g/mol. The lowest BCUT2D eigenvalue weighted by Crippen LogP contribution is -2.32. The minimum absolute atomic E-state index is 0.0329. The first-order chi connectivity index (χ1) is 7.11. The summed E-state index contributed by atoms with van der Waals surface area (Å²) in [4.78, 5) is 0. The van der Waals surface area contributed by atoms with E-state index in [-0.39, 0.29) is 11.9 Å². The molecule has 0 aromatic heterocycles. The van der Waals surface area contributed by atoms with E-state index < -0.39 is 0 Å². The molecule has 2 unspecified atom stereocenters. The quantitative estimate of drug-likeness (QED) is 0.794. The van der Waals surface area contributed by atoms with Crippen molar-refractivity contribution in [3.8, 4) is 0 Å². The molecule has 1 aliphatic heterocycles. The average Bonchev–Trinajstić information content (AvgIpc) is 2.19. The van der Waals surface area contributed by atoms with Crippen molar-refractivity contribution in [3.05, 3.63) is 35.1 Å². The molecular formula is C12H16FNS. The molecule has 1 aliphatic rings. The van der Waals surface area contributed by atoms with Crippen LogP contribution >= 0.6 is 11.8 Å². The second-order valence-electron chi connectivity index (χ2n) is 4.35. The second-order valence-corrected chi connectivity index (χ2v) is 5.52. The van der Waals surface area contributed by atoms with Gasteiger partial charge in [-0.25, -0.2) is 4.39 Å². The van der Waals surface area contributed by atoms with Gasteiger partial charge in [-0.15, -0.1) is 0 Å². The maximum absolute atomic E-state index is 13.5. The van der Waals surface area contributed by atoms with Crippen LogP contribution in [-0.2, 0) is 5.75 Å². The van der Waals surface area contributed by atoms with E-state index in [9.17, 15) is 4.39 Å². The van der Waals surface area contributed by atoms with Crippen molar-refractivity contribution >= 4 is 11.8 Å². The first-order valence-electron chi connectivity index (χ1n) is 5.25. The molecule has 0 fully saturated rings. The number of benzene rings is 1. The zero-order chi connectivity index (χ0) is 11.0. The van der Waals surface area contributed by atoms with E-state index in [4.69, 9.17) is 5.73 Å². The summed E-state index contributed by atoms with van der Waals surface area (Å²) in [5.74, 6) is 1.16. The number of hydrogen-bond acceptors (Lipinski definition) is 2. The minimum atomic E-state index is -0.113. The van der Waals surface area contributed by atoms with Gasteiger partial charge in [-0.3, -0.25) is 0 Å². The van der Waals surface area contributed by atoms with Crippen molar-refractivity contribution in [2.45, 2.75) is 30.9 Å². The van der Waals surface area contributed by atoms with E-state index in [1.54, 1.807) is 17.8 Å². The molecule has 1 nitrogen and oxygen atoms in total. The number of rotatable bonds is 1. The highest BCUT2D eigenvalue weighted by Crippen LogP contribution is 2.40. The smallest absolute Gasteiger partial charge is 0.127 e. The van der Waals surface area contributed by atoms with E-state index in [0.717, 1.165) is 16.9 Å². The Kier molecular flexibility index (Phi) is 3.03. The number of halogens is 1. The monoisotopic (exact) mass is 225 g/mol. The topological polar surface area (TPSA) is 26.0 Å². The lowest BCUT2D eigenvalue weighted by Gasteiger charge is -2.33. The molecule has 2 atom stereocenters. The fourth-order valence-corrected chi connectivity index (χ4v) is 3.51. The Morgan fingerprint density at radius 1 is 1.47 bits per heavy atom. The molecule has 15 heavy (non-hydrogen) atoms. The Morgan fingerprint density at radius 2 is 2.20 bits per heavy atom. The first-order valence-corrected chi connectivity index (χ1v) is 6.30. The van der Waals surface area contributed by atoms with Gasteiger partial charge in [0.25, 0.3) is 0 Å². The molecule has 1 aromatic carbocycles. The normalized spacial score (nSPS) is 25.4. The Labute approximate surface area is 94.2 Å². The second kappa shape index (κ2) is 4.14. The van der Waals surface area contributed by atoms with Crippen LogP contribution in [0.2, 0.25) is 0 Å². The van der Waals surface area contributed by atoms with Crippen LogP contribution in [0.15, 0.2) is 18.2 Å². The van der Waals surface area contributed by atoms with Crippen LogP contribution in [-0.4, -0.2) is 5.25 Å². The predicted octanol–water partition coefficient (Wildman–Crippen LogP) is 3.10. The molecule has 0 spiro atoms. The number of thioether (sulfide) groups is 1. The zero-order valence-electron chi connectivity index (χ0n) is 9.03. The van der Waals surface area contributed by atoms with Crippen LogP contribution in [0.3, 0.4) is 0 Å². The molecule has 82 valence electrons. The molecule has 0 bridgehead atoms. The van der Waals surface area contributed by atoms with Crippen molar-refractivity contribution in [1.29, 1.82) is 0 Å². The number of fused-ring (bicyclic) bond motifs is 1. The summed E-state index contributed by atoms with van der Waals surface area (Å²) < 4.78 is 13.5. The number of nitrogens with two attached hydrogens (primary N) is 1. The molecule has 0 amide bonds. The van der Waals surface area contributed by atoms with Crippen molar-refractivity contribution in [2.24, 2.45) is 11.7 Å². The highest BCUT2D eigenvalue weighted by Gasteiger charge is 2.30. The van der Waals surface area contributed by atoms with E-state index in [2.05, 4.69) is 13.8 Å². The standard InChI is InChI=1S/C12H16FNS/c1-7(2)12-11(14)8-4-3-5-10(13)9(8)6-15-12/h3-5,7,11-12H,6,14H2,1-2H3. The highest BCUT2D eigenvalue weighted by atomic mass is 32.2. The van der Waals surface area contributed by atoms with Crippen LogP contribution in [0, 0.1) is 11.7 Å². The van der Waals surface area contributed by atoms with Gasteiger partial charge < -0.3 is 5.73 Å². The largest absolute Gasteiger partial charge is 0.323 e. The molecule has 2 rings (SSSR count). The first kappa shape index (κ1) is 11.0. The van der Waals surface area contributed by atoms with Gasteiger partial charge >= 0.3 is 0 Å². The van der Waals surface area contributed by atoms with Crippen molar-refractivity contribution in [2.75, 3.05) is 0 Å². The van der Waals surface area contributed by atoms with Crippen LogP contribution in [0.5, 0.6) is 0 Å². The van der Waals surface area contributed by atoms with Gasteiger partial charge in [0.1, 0.15) is 5.82 Å². The van der Waals surface area contributed by atoms with E-state index in [0.29, 0.717) is 11.2 Å². The zero-order valence-corrected chi connectivity index (χ0v) is 9.85. The van der Waals surface area contributed by atoms with Gasteiger partial charge in [-0.2, -0.15) is 11.8 Å². The highest BCUT2D eigenvalue weighted by molar-refractivity contribution is 7.99. The van der Waals surface area contributed by atoms with Gasteiger partial charge in [0.2, 0.25) is 0 Å². The molecule has 3 heteroatoms. The SMILES string of the molecule is CC(C)C1SCc2c(F)cccc2C1N. The van der Waals surface area contributed by atoms with Crippen molar-refractivity contribution in [1.82, 2.24) is 0 Å². The Hall–Kier alpha value is -0.540. The Morgan fingerprint density at radius 3 is 2.87 bits per heavy atom. The van der Waals surface area contributed by atoms with Crippen molar-refractivity contribution < 1.29 is 4.39 Å². The minimum Gasteiger partial charge on any atom is -0.323 e. The fourth-order valence-electron chi connectivity index (χ4n) is 2.11. The lowest BCUT2D eigenvalue weighted by molar-refractivity contribution is 0.513. The Bertz CT molecular complexity index is 365. The van der Waals surface area contributed by atoms with Gasteiger partial charge in [-0.1, -0.05) is 26.0 Å². The Balaban J connectivity index is 2.38. The molecule has 0 radical (unpaired) electrons. The third-order valence-electron chi connectivity index (χ3n) is 2.95. The molecule has 1 aromatic rings. The van der Waals surface area contributed by atoms with Gasteiger partial charge in [0.05, 0.1) is 0 Å². The maximum Gasteiger partial charge on any atom is 0.127 e. The lowest BCUT2D eigenvalue weighted by atomic mass is 9.93. The third-order valence-corrected chi connectivity index (χ3v) is 4.62. The molecule has 2 N–H and O–H groups in total. The molecule has 0 saturated heterocycles. The fraction of sp³-hybridized carbons (Fsp3) is 0.500. The van der Waals surface area contributed by atoms with Crippen molar-refractivity contribution in [3.63, 3.8) is 0 Å². The van der Waals surface area contributed by atoms with E-state index >= 15 is 0 Å². The summed E-state index contributed by atoms with van der Waals surface area (Å²) in [5, 5.41) is 0.402. The summed E-state index contributed by atoms with van der Waals surface area (Å²) in [6.45, 7) is 4.34. The summed E-state index contributed by atoms with van der Waals surface area (Å²) in [6, 6.07) is 5.19. The molecule has 1 heterocycles. The molecule has 0 saturated carbocycles. The third kappa shape index (κ3) is 1.91. The number of hydrogen-bond donors (Lipinski definition) is 1. The van der Waals surface area contributed by atoms with E-state index in [1.165, 1.54) is 6.07 Å². The van der Waals surface area contributed by atoms with Gasteiger partial charge in [0.15, 0.2) is 0 Å². The maximum atomic E-state index is 13.5. The molecule has 0 aliphatic carbocycles. The summed E-state index contributed by atoms with van der Waals surface area (Å²) in [7, 11) is 0. The summed E-state index contributed by atoms with van der Waals surface area (Å²) >= 11 is 1.77. The average molecular weight is 225 g/mol. The van der Waals surface area contributed by atoms with Crippen LogP contribution in [0.1, 0.15) is 31.0 Å². The summed E-state index contributed by atoms with van der Waals surface area (Å²) in [5.41, 5.74) is 7.96. The van der Waals surface area contributed by atoms with Crippen LogP contribution < -0.4 is 5.73 Å².